The molecule has 0 aliphatic carbocycles. The lowest BCUT2D eigenvalue weighted by atomic mass is 9.90. The van der Waals surface area contributed by atoms with Crippen LogP contribution in [0.1, 0.15) is 0 Å². The fourth-order valence-electron chi connectivity index (χ4n) is 5.94. The van der Waals surface area contributed by atoms with E-state index in [-0.39, 0.29) is 0 Å². The highest BCUT2D eigenvalue weighted by atomic mass is 14.9. The normalized spacial score (nSPS) is 11.5. The maximum Gasteiger partial charge on any atom is 0.160 e. The second-order valence-electron chi connectivity index (χ2n) is 10.2. The van der Waals surface area contributed by atoms with Gasteiger partial charge in [-0.2, -0.15) is 0 Å². The van der Waals surface area contributed by atoms with E-state index in [1.54, 1.807) is 0 Å². The van der Waals surface area contributed by atoms with Crippen molar-refractivity contribution in [2.24, 2.45) is 0 Å². The molecular weight excluding hydrogens is 484 g/mol. The van der Waals surface area contributed by atoms with E-state index in [0.29, 0.717) is 0 Å². The third-order valence-corrected chi connectivity index (χ3v) is 7.84. The molecule has 0 N–H and O–H groups in total. The first-order chi connectivity index (χ1) is 19.8. The maximum atomic E-state index is 5.12. The Bertz CT molecular complexity index is 2190. The number of aromatic nitrogens is 2. The molecule has 0 saturated heterocycles. The van der Waals surface area contributed by atoms with Crippen LogP contribution in [-0.4, -0.2) is 9.97 Å². The first-order valence-corrected chi connectivity index (χ1v) is 13.6. The second-order valence-corrected chi connectivity index (χ2v) is 10.2. The van der Waals surface area contributed by atoms with Gasteiger partial charge in [-0.3, -0.25) is 0 Å². The van der Waals surface area contributed by atoms with Crippen LogP contribution in [0, 0.1) is 0 Å². The Balaban J connectivity index is 1.44. The molecule has 0 bridgehead atoms. The van der Waals surface area contributed by atoms with Gasteiger partial charge in [-0.05, 0) is 55.6 Å². The fourth-order valence-corrected chi connectivity index (χ4v) is 5.94. The van der Waals surface area contributed by atoms with Gasteiger partial charge in [0, 0.05) is 16.5 Å². The summed E-state index contributed by atoms with van der Waals surface area (Å²) in [6, 6.07) is 51.5. The summed E-state index contributed by atoms with van der Waals surface area (Å²) >= 11 is 0. The van der Waals surface area contributed by atoms with Gasteiger partial charge in [-0.1, -0.05) is 133 Å². The molecule has 8 rings (SSSR count). The molecule has 0 unspecified atom stereocenters. The molecular formula is C38H24N2. The minimum Gasteiger partial charge on any atom is -0.228 e. The van der Waals surface area contributed by atoms with Gasteiger partial charge >= 0.3 is 0 Å². The third-order valence-electron chi connectivity index (χ3n) is 7.84. The standard InChI is InChI=1S/C38H24N2/c1-3-11-28(12-4-1)37-33-24-30(22-23-34(33)39-38(40-37)29-13-5-2-6-14-29)32-17-9-15-26-20-21-27-19-18-25-10-7-8-16-31(25)36(27)35(26)32/h1-24H. The number of hydrogen-bond acceptors (Lipinski definition) is 2. The molecule has 1 heterocycles. The Kier molecular flexibility index (Phi) is 5.17. The van der Waals surface area contributed by atoms with E-state index in [1.165, 1.54) is 37.9 Å². The van der Waals surface area contributed by atoms with Gasteiger partial charge in [0.05, 0.1) is 11.2 Å². The van der Waals surface area contributed by atoms with E-state index in [0.717, 1.165) is 39.1 Å². The lowest BCUT2D eigenvalue weighted by Gasteiger charge is -2.14. The van der Waals surface area contributed by atoms with Crippen molar-refractivity contribution in [3.8, 4) is 33.8 Å². The zero-order chi connectivity index (χ0) is 26.5. The minimum atomic E-state index is 0.738. The molecule has 186 valence electrons. The van der Waals surface area contributed by atoms with Crippen molar-refractivity contribution in [1.29, 1.82) is 0 Å². The molecule has 0 fully saturated rings. The summed E-state index contributed by atoms with van der Waals surface area (Å²) in [6.07, 6.45) is 0. The molecule has 40 heavy (non-hydrogen) atoms. The average Bonchev–Trinajstić information content (AvgIpc) is 3.04. The van der Waals surface area contributed by atoms with Crippen molar-refractivity contribution in [3.05, 3.63) is 146 Å². The first-order valence-electron chi connectivity index (χ1n) is 13.6. The smallest absolute Gasteiger partial charge is 0.160 e. The minimum absolute atomic E-state index is 0.738. The maximum absolute atomic E-state index is 5.12. The van der Waals surface area contributed by atoms with E-state index in [1.807, 2.05) is 24.3 Å². The zero-order valence-electron chi connectivity index (χ0n) is 21.8. The van der Waals surface area contributed by atoms with Gasteiger partial charge in [0.1, 0.15) is 0 Å². The summed E-state index contributed by atoms with van der Waals surface area (Å²) in [5.74, 6) is 0.738. The largest absolute Gasteiger partial charge is 0.228 e. The van der Waals surface area contributed by atoms with Crippen molar-refractivity contribution >= 4 is 43.2 Å². The van der Waals surface area contributed by atoms with Crippen LogP contribution < -0.4 is 0 Å². The molecule has 0 spiro atoms. The first kappa shape index (κ1) is 22.6. The highest BCUT2D eigenvalue weighted by Crippen LogP contribution is 2.40. The summed E-state index contributed by atoms with van der Waals surface area (Å²) in [4.78, 5) is 10.1. The average molecular weight is 509 g/mol. The second kappa shape index (κ2) is 9.14. The molecule has 7 aromatic carbocycles. The molecule has 2 heteroatoms. The van der Waals surface area contributed by atoms with Gasteiger partial charge in [-0.25, -0.2) is 9.97 Å². The Hall–Kier alpha value is -5.34. The van der Waals surface area contributed by atoms with E-state index in [2.05, 4.69) is 121 Å². The van der Waals surface area contributed by atoms with Crippen LogP contribution >= 0.6 is 0 Å². The Morgan fingerprint density at radius 3 is 1.82 bits per heavy atom. The van der Waals surface area contributed by atoms with Crippen molar-refractivity contribution in [2.75, 3.05) is 0 Å². The lowest BCUT2D eigenvalue weighted by Crippen LogP contribution is -1.95. The van der Waals surface area contributed by atoms with Gasteiger partial charge in [-0.15, -0.1) is 0 Å². The predicted octanol–water partition coefficient (Wildman–Crippen LogP) is 10.1. The van der Waals surface area contributed by atoms with Crippen LogP contribution in [0.4, 0.5) is 0 Å². The molecule has 0 aliphatic rings. The molecule has 0 amide bonds. The van der Waals surface area contributed by atoms with Crippen LogP contribution in [0.2, 0.25) is 0 Å². The highest BCUT2D eigenvalue weighted by molar-refractivity contribution is 6.24. The van der Waals surface area contributed by atoms with Crippen molar-refractivity contribution in [2.45, 2.75) is 0 Å². The van der Waals surface area contributed by atoms with Gasteiger partial charge in [0.2, 0.25) is 0 Å². The van der Waals surface area contributed by atoms with Crippen LogP contribution in [0.25, 0.3) is 77.0 Å². The predicted molar refractivity (Wildman–Crippen MR) is 168 cm³/mol. The highest BCUT2D eigenvalue weighted by Gasteiger charge is 2.15. The van der Waals surface area contributed by atoms with Crippen molar-refractivity contribution in [1.82, 2.24) is 9.97 Å². The third kappa shape index (κ3) is 3.65. The number of fused-ring (bicyclic) bond motifs is 6. The molecule has 1 aromatic heterocycles. The topological polar surface area (TPSA) is 25.8 Å². The molecule has 0 atom stereocenters. The summed E-state index contributed by atoms with van der Waals surface area (Å²) in [6.45, 7) is 0. The fraction of sp³-hybridized carbons (Fsp3) is 0. The van der Waals surface area contributed by atoms with Crippen LogP contribution in [0.3, 0.4) is 0 Å². The van der Waals surface area contributed by atoms with Gasteiger partial charge in [0.15, 0.2) is 5.82 Å². The van der Waals surface area contributed by atoms with E-state index >= 15 is 0 Å². The van der Waals surface area contributed by atoms with Crippen LogP contribution in [0.15, 0.2) is 146 Å². The van der Waals surface area contributed by atoms with E-state index < -0.39 is 0 Å². The number of hydrogen-bond donors (Lipinski definition) is 0. The number of rotatable bonds is 3. The molecule has 0 aliphatic heterocycles. The summed E-state index contributed by atoms with van der Waals surface area (Å²) < 4.78 is 0. The Morgan fingerprint density at radius 2 is 1.02 bits per heavy atom. The Labute approximate surface area is 232 Å². The van der Waals surface area contributed by atoms with E-state index in [4.69, 9.17) is 9.97 Å². The van der Waals surface area contributed by atoms with Crippen LogP contribution in [-0.2, 0) is 0 Å². The number of benzene rings is 7. The monoisotopic (exact) mass is 508 g/mol. The quantitative estimate of drug-likeness (QED) is 0.222. The lowest BCUT2D eigenvalue weighted by molar-refractivity contribution is 1.23. The summed E-state index contributed by atoms with van der Waals surface area (Å²) in [7, 11) is 0. The van der Waals surface area contributed by atoms with Gasteiger partial charge < -0.3 is 0 Å². The van der Waals surface area contributed by atoms with Crippen molar-refractivity contribution in [3.63, 3.8) is 0 Å². The molecule has 2 nitrogen and oxygen atoms in total. The zero-order valence-corrected chi connectivity index (χ0v) is 21.8. The summed E-state index contributed by atoms with van der Waals surface area (Å²) in [5.41, 5.74) is 6.35. The van der Waals surface area contributed by atoms with Crippen LogP contribution in [0.5, 0.6) is 0 Å². The molecule has 8 aromatic rings. The molecule has 0 saturated carbocycles. The Morgan fingerprint density at radius 1 is 0.375 bits per heavy atom. The van der Waals surface area contributed by atoms with Crippen molar-refractivity contribution < 1.29 is 0 Å². The SMILES string of the molecule is c1ccc(-c2nc(-c3ccccc3)c3cc(-c4cccc5ccc6ccc7ccccc7c6c45)ccc3n2)cc1. The molecule has 0 radical (unpaired) electrons. The summed E-state index contributed by atoms with van der Waals surface area (Å²) in [5, 5.41) is 8.64. The van der Waals surface area contributed by atoms with Gasteiger partial charge in [0.25, 0.3) is 0 Å². The number of nitrogens with zero attached hydrogens (tertiary/aromatic N) is 2. The van der Waals surface area contributed by atoms with E-state index in [9.17, 15) is 0 Å².